The van der Waals surface area contributed by atoms with E-state index in [0.29, 0.717) is 11.2 Å². The molecule has 0 fully saturated rings. The Morgan fingerprint density at radius 1 is 1.47 bits per heavy atom. The largest absolute Gasteiger partial charge is 0.366 e. The number of nitrogens with two attached hydrogens (primary N) is 1. The molecule has 15 heavy (non-hydrogen) atoms. The van der Waals surface area contributed by atoms with Crippen molar-refractivity contribution in [2.24, 2.45) is 5.73 Å². The lowest BCUT2D eigenvalue weighted by molar-refractivity contribution is 0.0999. The van der Waals surface area contributed by atoms with Gasteiger partial charge in [-0.1, -0.05) is 13.8 Å². The summed E-state index contributed by atoms with van der Waals surface area (Å²) in [5, 5.41) is 7.54. The van der Waals surface area contributed by atoms with E-state index < -0.39 is 5.91 Å². The minimum absolute atomic E-state index is 0.204. The SMILES string of the molecule is CC(C)c1c(C(N)=O)cnc2[nH]ncc12. The summed E-state index contributed by atoms with van der Waals surface area (Å²) in [7, 11) is 0. The van der Waals surface area contributed by atoms with Gasteiger partial charge in [-0.2, -0.15) is 5.10 Å². The van der Waals surface area contributed by atoms with Crippen molar-refractivity contribution in [3.05, 3.63) is 23.5 Å². The summed E-state index contributed by atoms with van der Waals surface area (Å²) in [6, 6.07) is 0. The predicted molar refractivity (Wildman–Crippen MR) is 56.5 cm³/mol. The molecule has 0 saturated carbocycles. The molecule has 0 spiro atoms. The minimum atomic E-state index is -0.450. The molecule has 1 amide bonds. The fourth-order valence-corrected chi connectivity index (χ4v) is 1.74. The maximum atomic E-state index is 11.2. The Morgan fingerprint density at radius 2 is 2.20 bits per heavy atom. The van der Waals surface area contributed by atoms with Crippen molar-refractivity contribution in [2.45, 2.75) is 19.8 Å². The van der Waals surface area contributed by atoms with Crippen molar-refractivity contribution in [3.63, 3.8) is 0 Å². The highest BCUT2D eigenvalue weighted by Crippen LogP contribution is 2.26. The van der Waals surface area contributed by atoms with E-state index in [1.54, 1.807) is 6.20 Å². The fourth-order valence-electron chi connectivity index (χ4n) is 1.74. The van der Waals surface area contributed by atoms with Gasteiger partial charge in [0.25, 0.3) is 5.91 Å². The van der Waals surface area contributed by atoms with Crippen LogP contribution in [-0.2, 0) is 0 Å². The maximum Gasteiger partial charge on any atom is 0.250 e. The average molecular weight is 204 g/mol. The van der Waals surface area contributed by atoms with Gasteiger partial charge in [-0.15, -0.1) is 0 Å². The highest BCUT2D eigenvalue weighted by Gasteiger charge is 2.16. The number of hydrogen-bond acceptors (Lipinski definition) is 3. The molecule has 0 aliphatic rings. The van der Waals surface area contributed by atoms with Crippen LogP contribution >= 0.6 is 0 Å². The monoisotopic (exact) mass is 204 g/mol. The summed E-state index contributed by atoms with van der Waals surface area (Å²) in [5.41, 5.74) is 7.36. The van der Waals surface area contributed by atoms with Crippen molar-refractivity contribution in [1.29, 1.82) is 0 Å². The molecule has 2 aromatic heterocycles. The molecule has 0 radical (unpaired) electrons. The number of aromatic nitrogens is 3. The van der Waals surface area contributed by atoms with Crippen LogP contribution in [0.15, 0.2) is 12.4 Å². The van der Waals surface area contributed by atoms with Crippen LogP contribution in [0.4, 0.5) is 0 Å². The van der Waals surface area contributed by atoms with Gasteiger partial charge in [0, 0.05) is 11.6 Å². The third kappa shape index (κ3) is 1.45. The number of aromatic amines is 1. The van der Waals surface area contributed by atoms with Crippen molar-refractivity contribution in [1.82, 2.24) is 15.2 Å². The Morgan fingerprint density at radius 3 is 2.80 bits per heavy atom. The van der Waals surface area contributed by atoms with E-state index in [0.717, 1.165) is 10.9 Å². The number of nitrogens with zero attached hydrogens (tertiary/aromatic N) is 2. The average Bonchev–Trinajstić information content (AvgIpc) is 2.62. The van der Waals surface area contributed by atoms with E-state index in [2.05, 4.69) is 15.2 Å². The van der Waals surface area contributed by atoms with Crippen LogP contribution in [0.3, 0.4) is 0 Å². The van der Waals surface area contributed by atoms with E-state index in [9.17, 15) is 4.79 Å². The van der Waals surface area contributed by atoms with Gasteiger partial charge in [-0.25, -0.2) is 4.98 Å². The first-order valence-electron chi connectivity index (χ1n) is 4.73. The number of rotatable bonds is 2. The second-order valence-corrected chi connectivity index (χ2v) is 3.74. The van der Waals surface area contributed by atoms with E-state index >= 15 is 0 Å². The maximum absolute atomic E-state index is 11.2. The lowest BCUT2D eigenvalue weighted by Crippen LogP contribution is -2.15. The molecule has 3 N–H and O–H groups in total. The Balaban J connectivity index is 2.81. The standard InChI is InChI=1S/C10H12N4O/c1-5(2)8-6(9(11)15)3-12-10-7(8)4-13-14-10/h3-5H,1-2H3,(H2,11,15)(H,12,13,14). The van der Waals surface area contributed by atoms with Gasteiger partial charge < -0.3 is 5.73 Å². The number of primary amides is 1. The second kappa shape index (κ2) is 3.34. The zero-order valence-corrected chi connectivity index (χ0v) is 8.61. The molecular weight excluding hydrogens is 192 g/mol. The summed E-state index contributed by atoms with van der Waals surface area (Å²) >= 11 is 0. The Labute approximate surface area is 86.7 Å². The Kier molecular flexibility index (Phi) is 2.15. The highest BCUT2D eigenvalue weighted by atomic mass is 16.1. The zero-order chi connectivity index (χ0) is 11.0. The summed E-state index contributed by atoms with van der Waals surface area (Å²) in [5.74, 6) is -0.245. The first-order chi connectivity index (χ1) is 7.11. The second-order valence-electron chi connectivity index (χ2n) is 3.74. The summed E-state index contributed by atoms with van der Waals surface area (Å²) in [4.78, 5) is 15.3. The molecule has 78 valence electrons. The third-order valence-corrected chi connectivity index (χ3v) is 2.37. The normalized spacial score (nSPS) is 11.1. The summed E-state index contributed by atoms with van der Waals surface area (Å²) in [6.45, 7) is 4.02. The molecule has 0 saturated heterocycles. The molecular formula is C10H12N4O. The number of fused-ring (bicyclic) bond motifs is 1. The lowest BCUT2D eigenvalue weighted by atomic mass is 9.96. The molecule has 0 aliphatic heterocycles. The van der Waals surface area contributed by atoms with Gasteiger partial charge >= 0.3 is 0 Å². The van der Waals surface area contributed by atoms with Crippen LogP contribution in [0.5, 0.6) is 0 Å². The van der Waals surface area contributed by atoms with Crippen LogP contribution in [0.2, 0.25) is 0 Å². The fraction of sp³-hybridized carbons (Fsp3) is 0.300. The third-order valence-electron chi connectivity index (χ3n) is 2.37. The van der Waals surface area contributed by atoms with Gasteiger partial charge in [0.2, 0.25) is 0 Å². The summed E-state index contributed by atoms with van der Waals surface area (Å²) in [6.07, 6.45) is 3.17. The quantitative estimate of drug-likeness (QED) is 0.770. The van der Waals surface area contributed by atoms with Gasteiger partial charge in [-0.05, 0) is 11.5 Å². The minimum Gasteiger partial charge on any atom is -0.366 e. The van der Waals surface area contributed by atoms with Crippen molar-refractivity contribution in [2.75, 3.05) is 0 Å². The molecule has 5 nitrogen and oxygen atoms in total. The van der Waals surface area contributed by atoms with Crippen LogP contribution < -0.4 is 5.73 Å². The van der Waals surface area contributed by atoms with Crippen LogP contribution in [0.1, 0.15) is 35.7 Å². The van der Waals surface area contributed by atoms with Gasteiger partial charge in [0.1, 0.15) is 0 Å². The molecule has 2 aromatic rings. The van der Waals surface area contributed by atoms with E-state index in [1.807, 2.05) is 13.8 Å². The number of carbonyl (C=O) groups is 1. The van der Waals surface area contributed by atoms with E-state index in [4.69, 9.17) is 5.73 Å². The molecule has 5 heteroatoms. The summed E-state index contributed by atoms with van der Waals surface area (Å²) < 4.78 is 0. The van der Waals surface area contributed by atoms with Crippen molar-refractivity contribution >= 4 is 16.9 Å². The van der Waals surface area contributed by atoms with E-state index in [1.165, 1.54) is 6.20 Å². The lowest BCUT2D eigenvalue weighted by Gasteiger charge is -2.10. The molecule has 0 atom stereocenters. The number of hydrogen-bond donors (Lipinski definition) is 2. The first kappa shape index (κ1) is 9.64. The molecule has 0 aromatic carbocycles. The van der Waals surface area contributed by atoms with Gasteiger partial charge in [-0.3, -0.25) is 9.89 Å². The van der Waals surface area contributed by atoms with Crippen molar-refractivity contribution < 1.29 is 4.79 Å². The number of H-pyrrole nitrogens is 1. The number of amides is 1. The van der Waals surface area contributed by atoms with Gasteiger partial charge in [0.15, 0.2) is 5.65 Å². The number of pyridine rings is 1. The molecule has 2 heterocycles. The molecule has 0 aliphatic carbocycles. The van der Waals surface area contributed by atoms with Gasteiger partial charge in [0.05, 0.1) is 11.8 Å². The van der Waals surface area contributed by atoms with Crippen LogP contribution in [-0.4, -0.2) is 21.1 Å². The predicted octanol–water partition coefficient (Wildman–Crippen LogP) is 1.18. The molecule has 0 unspecified atom stereocenters. The molecule has 2 rings (SSSR count). The van der Waals surface area contributed by atoms with Crippen LogP contribution in [0.25, 0.3) is 11.0 Å². The molecule has 0 bridgehead atoms. The number of nitrogens with one attached hydrogen (secondary N) is 1. The van der Waals surface area contributed by atoms with Crippen molar-refractivity contribution in [3.8, 4) is 0 Å². The smallest absolute Gasteiger partial charge is 0.250 e. The highest BCUT2D eigenvalue weighted by molar-refractivity contribution is 5.98. The number of carbonyl (C=O) groups excluding carboxylic acids is 1. The Bertz CT molecular complexity index is 515. The van der Waals surface area contributed by atoms with Crippen LogP contribution in [0, 0.1) is 0 Å². The topological polar surface area (TPSA) is 84.7 Å². The zero-order valence-electron chi connectivity index (χ0n) is 8.61. The first-order valence-corrected chi connectivity index (χ1v) is 4.73. The Hall–Kier alpha value is -1.91. The van der Waals surface area contributed by atoms with E-state index in [-0.39, 0.29) is 5.92 Å².